The summed E-state index contributed by atoms with van der Waals surface area (Å²) in [6, 6.07) is 14.4. The van der Waals surface area contributed by atoms with Gasteiger partial charge in [0.05, 0.1) is 23.6 Å². The van der Waals surface area contributed by atoms with Gasteiger partial charge < -0.3 is 19.7 Å². The zero-order valence-electron chi connectivity index (χ0n) is 24.0. The van der Waals surface area contributed by atoms with Gasteiger partial charge >= 0.3 is 6.09 Å². The fourth-order valence-corrected chi connectivity index (χ4v) is 5.46. The molecule has 2 amide bonds. The molecule has 1 aliphatic rings. The normalized spacial score (nSPS) is 14.2. The van der Waals surface area contributed by atoms with Crippen molar-refractivity contribution in [3.63, 3.8) is 0 Å². The predicted molar refractivity (Wildman–Crippen MR) is 164 cm³/mol. The number of piperidine rings is 1. The molecule has 11 heteroatoms. The number of nitrogens with zero attached hydrogens (tertiary/aromatic N) is 4. The molecule has 0 aliphatic carbocycles. The number of amides is 2. The summed E-state index contributed by atoms with van der Waals surface area (Å²) in [7, 11) is 0. The summed E-state index contributed by atoms with van der Waals surface area (Å²) < 4.78 is 12.7. The molecule has 42 heavy (non-hydrogen) atoms. The van der Waals surface area contributed by atoms with Crippen LogP contribution in [0.15, 0.2) is 54.7 Å². The van der Waals surface area contributed by atoms with Crippen LogP contribution in [-0.2, 0) is 4.74 Å². The van der Waals surface area contributed by atoms with Gasteiger partial charge in [-0.1, -0.05) is 23.2 Å². The second kappa shape index (κ2) is 12.2. The predicted octanol–water partition coefficient (Wildman–Crippen LogP) is 7.47. The van der Waals surface area contributed by atoms with Gasteiger partial charge in [0.1, 0.15) is 11.4 Å². The first-order valence-corrected chi connectivity index (χ1v) is 14.6. The van der Waals surface area contributed by atoms with Crippen molar-refractivity contribution in [2.24, 2.45) is 0 Å². The molecular weight excluding hydrogens is 577 g/mol. The Hall–Kier alpha value is -3.82. The van der Waals surface area contributed by atoms with E-state index in [4.69, 9.17) is 42.8 Å². The third-order valence-corrected chi connectivity index (χ3v) is 7.27. The Morgan fingerprint density at radius 1 is 1.02 bits per heavy atom. The monoisotopic (exact) mass is 609 g/mol. The number of halogens is 2. The van der Waals surface area contributed by atoms with E-state index in [1.165, 1.54) is 0 Å². The lowest BCUT2D eigenvalue weighted by molar-refractivity contribution is 0.0203. The smallest absolute Gasteiger partial charge is 0.410 e. The molecule has 0 bridgehead atoms. The van der Waals surface area contributed by atoms with Gasteiger partial charge in [-0.25, -0.2) is 14.3 Å². The molecule has 0 saturated carbocycles. The number of carbonyl (C=O) groups excluding carboxylic acids is 2. The highest BCUT2D eigenvalue weighted by atomic mass is 35.5. The van der Waals surface area contributed by atoms with Crippen molar-refractivity contribution in [1.29, 1.82) is 0 Å². The molecule has 9 nitrogen and oxygen atoms in total. The SMILES string of the molecule is CCOc1ccc(-c2cc3nc(C4CCN(C(=O)OC(C)(C)C)CC4)c(C(=O)Nc4cc(Cl)cc(Cl)c4)cn3n2)cc1. The Labute approximate surface area is 254 Å². The molecule has 1 aliphatic heterocycles. The molecule has 0 radical (unpaired) electrons. The fourth-order valence-electron chi connectivity index (χ4n) is 4.94. The average molecular weight is 611 g/mol. The van der Waals surface area contributed by atoms with Crippen LogP contribution in [0.3, 0.4) is 0 Å². The van der Waals surface area contributed by atoms with E-state index in [-0.39, 0.29) is 17.9 Å². The molecule has 1 saturated heterocycles. The third kappa shape index (κ3) is 6.97. The zero-order chi connectivity index (χ0) is 30.0. The molecule has 220 valence electrons. The van der Waals surface area contributed by atoms with E-state index in [1.807, 2.05) is 58.0 Å². The average Bonchev–Trinajstić information content (AvgIpc) is 3.35. The molecule has 1 N–H and O–H groups in total. The van der Waals surface area contributed by atoms with Crippen LogP contribution in [0, 0.1) is 0 Å². The first-order valence-electron chi connectivity index (χ1n) is 13.9. The zero-order valence-corrected chi connectivity index (χ0v) is 25.5. The molecule has 0 atom stereocenters. The number of rotatable bonds is 6. The van der Waals surface area contributed by atoms with Gasteiger partial charge in [0.2, 0.25) is 0 Å². The Kier molecular flexibility index (Phi) is 8.61. The highest BCUT2D eigenvalue weighted by molar-refractivity contribution is 6.35. The highest BCUT2D eigenvalue weighted by Gasteiger charge is 2.31. The second-order valence-electron chi connectivity index (χ2n) is 11.2. The molecular formula is C31H33Cl2N5O4. The standard InChI is InChI=1S/C31H33Cl2N5O4/c1-5-41-24-8-6-19(7-9-24)26-17-27-35-28(20-10-12-37(13-11-20)30(40)42-31(2,3)4)25(18-38(27)36-26)29(39)34-23-15-21(32)14-22(33)16-23/h6-9,14-18,20H,5,10-13H2,1-4H3,(H,34,39). The maximum Gasteiger partial charge on any atom is 0.410 e. The minimum Gasteiger partial charge on any atom is -0.494 e. The van der Waals surface area contributed by atoms with Crippen molar-refractivity contribution in [2.45, 2.75) is 52.1 Å². The van der Waals surface area contributed by atoms with Crippen LogP contribution < -0.4 is 10.1 Å². The van der Waals surface area contributed by atoms with Gasteiger partial charge in [0, 0.05) is 52.6 Å². The maximum absolute atomic E-state index is 13.7. The Morgan fingerprint density at radius 3 is 2.31 bits per heavy atom. The quantitative estimate of drug-likeness (QED) is 0.243. The fraction of sp³-hybridized carbons (Fsp3) is 0.355. The number of hydrogen-bond donors (Lipinski definition) is 1. The molecule has 0 unspecified atom stereocenters. The van der Waals surface area contributed by atoms with Crippen molar-refractivity contribution < 1.29 is 19.1 Å². The number of anilines is 1. The van der Waals surface area contributed by atoms with E-state index < -0.39 is 5.60 Å². The van der Waals surface area contributed by atoms with Gasteiger partial charge in [0.25, 0.3) is 5.91 Å². The Bertz CT molecular complexity index is 1590. The Morgan fingerprint density at radius 2 is 1.69 bits per heavy atom. The van der Waals surface area contributed by atoms with Crippen LogP contribution in [0.25, 0.3) is 16.9 Å². The number of hydrogen-bond acceptors (Lipinski definition) is 6. The third-order valence-electron chi connectivity index (χ3n) is 6.84. The van der Waals surface area contributed by atoms with Crippen molar-refractivity contribution >= 4 is 46.5 Å². The molecule has 1 fully saturated rings. The lowest BCUT2D eigenvalue weighted by atomic mass is 9.90. The largest absolute Gasteiger partial charge is 0.494 e. The summed E-state index contributed by atoms with van der Waals surface area (Å²) in [6.45, 7) is 9.06. The lowest BCUT2D eigenvalue weighted by Gasteiger charge is -2.33. The number of ether oxygens (including phenoxy) is 2. The molecule has 5 rings (SSSR count). The van der Waals surface area contributed by atoms with Crippen molar-refractivity contribution in [3.05, 3.63) is 76.0 Å². The van der Waals surface area contributed by atoms with Gasteiger partial charge in [-0.05, 0) is 83.0 Å². The van der Waals surface area contributed by atoms with E-state index in [0.29, 0.717) is 65.2 Å². The van der Waals surface area contributed by atoms with E-state index >= 15 is 0 Å². The summed E-state index contributed by atoms with van der Waals surface area (Å²) in [5, 5.41) is 8.44. The first-order chi connectivity index (χ1) is 20.0. The van der Waals surface area contributed by atoms with Gasteiger partial charge in [-0.15, -0.1) is 0 Å². The summed E-state index contributed by atoms with van der Waals surface area (Å²) in [5.41, 5.74) is 3.17. The maximum atomic E-state index is 13.7. The molecule has 0 spiro atoms. The van der Waals surface area contributed by atoms with Gasteiger partial charge in [0.15, 0.2) is 5.65 Å². The summed E-state index contributed by atoms with van der Waals surface area (Å²) in [4.78, 5) is 33.0. The van der Waals surface area contributed by atoms with Crippen molar-refractivity contribution in [3.8, 4) is 17.0 Å². The summed E-state index contributed by atoms with van der Waals surface area (Å²) >= 11 is 12.3. The number of nitrogens with one attached hydrogen (secondary N) is 1. The summed E-state index contributed by atoms with van der Waals surface area (Å²) in [6.07, 6.45) is 2.63. The van der Waals surface area contributed by atoms with E-state index in [2.05, 4.69) is 5.32 Å². The second-order valence-corrected chi connectivity index (χ2v) is 12.1. The number of carbonyl (C=O) groups is 2. The molecule has 3 heterocycles. The van der Waals surface area contributed by atoms with Crippen LogP contribution in [0.2, 0.25) is 10.0 Å². The molecule has 4 aromatic rings. The van der Waals surface area contributed by atoms with Crippen LogP contribution >= 0.6 is 23.2 Å². The molecule has 2 aromatic carbocycles. The van der Waals surface area contributed by atoms with E-state index in [9.17, 15) is 9.59 Å². The van der Waals surface area contributed by atoms with Gasteiger partial charge in [-0.2, -0.15) is 5.10 Å². The van der Waals surface area contributed by atoms with Crippen LogP contribution in [0.4, 0.5) is 10.5 Å². The number of likely N-dealkylation sites (tertiary alicyclic amines) is 1. The van der Waals surface area contributed by atoms with Crippen molar-refractivity contribution in [2.75, 3.05) is 25.0 Å². The topological polar surface area (TPSA) is 98.1 Å². The summed E-state index contributed by atoms with van der Waals surface area (Å²) in [5.74, 6) is 0.370. The number of benzene rings is 2. The van der Waals surface area contributed by atoms with E-state index in [0.717, 1.165) is 17.0 Å². The highest BCUT2D eigenvalue weighted by Crippen LogP contribution is 2.32. The van der Waals surface area contributed by atoms with Crippen LogP contribution in [0.1, 0.15) is 62.5 Å². The van der Waals surface area contributed by atoms with Crippen LogP contribution in [-0.4, -0.2) is 56.8 Å². The number of aromatic nitrogens is 3. The molecule has 2 aromatic heterocycles. The van der Waals surface area contributed by atoms with E-state index in [1.54, 1.807) is 33.8 Å². The lowest BCUT2D eigenvalue weighted by Crippen LogP contribution is -2.41. The number of fused-ring (bicyclic) bond motifs is 1. The first kappa shape index (κ1) is 29.7. The van der Waals surface area contributed by atoms with Gasteiger partial charge in [-0.3, -0.25) is 4.79 Å². The minimum atomic E-state index is -0.571. The van der Waals surface area contributed by atoms with Crippen LogP contribution in [0.5, 0.6) is 5.75 Å². The van der Waals surface area contributed by atoms with Crippen molar-refractivity contribution in [1.82, 2.24) is 19.5 Å². The minimum absolute atomic E-state index is 0.0544. The Balaban J connectivity index is 1.47.